The Balaban J connectivity index is 0.000000614. The van der Waals surface area contributed by atoms with Crippen molar-refractivity contribution in [3.63, 3.8) is 0 Å². The number of imidazole rings is 1. The summed E-state index contributed by atoms with van der Waals surface area (Å²) in [5.74, 6) is 0.255. The first-order valence-corrected chi connectivity index (χ1v) is 10.9. The quantitative estimate of drug-likeness (QED) is 0.484. The van der Waals surface area contributed by atoms with Crippen LogP contribution in [0.3, 0.4) is 0 Å². The SMILES string of the molecule is CCCCN.NC(=O)c1ccc(OC(CCc2ccc(Cl)cc2)Cn2ccnc2)cc1. The molecule has 6 nitrogen and oxygen atoms in total. The number of rotatable bonds is 10. The van der Waals surface area contributed by atoms with Crippen LogP contribution in [0.4, 0.5) is 0 Å². The minimum Gasteiger partial charge on any atom is -0.489 e. The van der Waals surface area contributed by atoms with E-state index in [1.807, 2.05) is 35.0 Å². The van der Waals surface area contributed by atoms with Gasteiger partial charge in [-0.1, -0.05) is 37.1 Å². The van der Waals surface area contributed by atoms with E-state index in [1.165, 1.54) is 18.4 Å². The summed E-state index contributed by atoms with van der Waals surface area (Å²) in [5, 5.41) is 0.731. The van der Waals surface area contributed by atoms with Crippen LogP contribution in [0.1, 0.15) is 42.1 Å². The van der Waals surface area contributed by atoms with Gasteiger partial charge in [0.2, 0.25) is 5.91 Å². The van der Waals surface area contributed by atoms with Gasteiger partial charge < -0.3 is 20.8 Å². The summed E-state index contributed by atoms with van der Waals surface area (Å²) < 4.78 is 8.13. The zero-order chi connectivity index (χ0) is 22.5. The molecule has 1 amide bonds. The molecule has 0 bridgehead atoms. The number of hydrogen-bond donors (Lipinski definition) is 2. The summed E-state index contributed by atoms with van der Waals surface area (Å²) in [6.07, 6.45) is 9.48. The van der Waals surface area contributed by atoms with Crippen molar-refractivity contribution in [2.75, 3.05) is 6.54 Å². The molecule has 0 spiro atoms. The molecule has 166 valence electrons. The van der Waals surface area contributed by atoms with Crippen LogP contribution in [-0.4, -0.2) is 28.1 Å². The summed E-state index contributed by atoms with van der Waals surface area (Å²) in [7, 11) is 0. The fourth-order valence-corrected chi connectivity index (χ4v) is 3.02. The largest absolute Gasteiger partial charge is 0.489 e. The van der Waals surface area contributed by atoms with Gasteiger partial charge in [-0.3, -0.25) is 4.79 Å². The Morgan fingerprint density at radius 3 is 2.39 bits per heavy atom. The van der Waals surface area contributed by atoms with E-state index in [4.69, 9.17) is 27.8 Å². The van der Waals surface area contributed by atoms with Crippen molar-refractivity contribution in [2.24, 2.45) is 11.5 Å². The average molecular weight is 443 g/mol. The molecular formula is C24H31ClN4O2. The summed E-state index contributed by atoms with van der Waals surface area (Å²) in [5.41, 5.74) is 12.1. The van der Waals surface area contributed by atoms with Gasteiger partial charge in [0, 0.05) is 23.0 Å². The number of primary amides is 1. The zero-order valence-electron chi connectivity index (χ0n) is 17.9. The Bertz CT molecular complexity index is 879. The molecule has 0 radical (unpaired) electrons. The first-order chi connectivity index (χ1) is 15.0. The van der Waals surface area contributed by atoms with Gasteiger partial charge in [-0.25, -0.2) is 4.98 Å². The number of unbranched alkanes of at least 4 members (excludes halogenated alkanes) is 1. The number of nitrogens with zero attached hydrogens (tertiary/aromatic N) is 2. The number of aryl methyl sites for hydroxylation is 1. The first kappa shape index (κ1) is 24.4. The van der Waals surface area contributed by atoms with Crippen LogP contribution in [0.2, 0.25) is 5.02 Å². The highest BCUT2D eigenvalue weighted by Crippen LogP contribution is 2.18. The molecule has 1 heterocycles. The van der Waals surface area contributed by atoms with E-state index in [0.717, 1.165) is 24.4 Å². The maximum atomic E-state index is 11.2. The second kappa shape index (κ2) is 13.5. The Morgan fingerprint density at radius 1 is 1.16 bits per heavy atom. The minimum absolute atomic E-state index is 0.0423. The van der Waals surface area contributed by atoms with E-state index < -0.39 is 5.91 Å². The van der Waals surface area contributed by atoms with E-state index in [-0.39, 0.29) is 6.10 Å². The molecule has 0 aliphatic heterocycles. The average Bonchev–Trinajstić information content (AvgIpc) is 3.28. The van der Waals surface area contributed by atoms with E-state index in [0.29, 0.717) is 17.9 Å². The van der Waals surface area contributed by atoms with Crippen molar-refractivity contribution >= 4 is 17.5 Å². The van der Waals surface area contributed by atoms with Crippen molar-refractivity contribution in [3.8, 4) is 5.75 Å². The molecule has 2 aromatic carbocycles. The zero-order valence-corrected chi connectivity index (χ0v) is 18.7. The van der Waals surface area contributed by atoms with Crippen molar-refractivity contribution < 1.29 is 9.53 Å². The number of nitrogens with two attached hydrogens (primary N) is 2. The fourth-order valence-electron chi connectivity index (χ4n) is 2.89. The third-order valence-electron chi connectivity index (χ3n) is 4.64. The highest BCUT2D eigenvalue weighted by Gasteiger charge is 2.13. The van der Waals surface area contributed by atoms with Crippen LogP contribution in [0.25, 0.3) is 0 Å². The molecule has 7 heteroatoms. The lowest BCUT2D eigenvalue weighted by atomic mass is 10.1. The molecule has 1 atom stereocenters. The Morgan fingerprint density at radius 2 is 1.87 bits per heavy atom. The van der Waals surface area contributed by atoms with Crippen LogP contribution in [0, 0.1) is 0 Å². The van der Waals surface area contributed by atoms with Gasteiger partial charge >= 0.3 is 0 Å². The maximum Gasteiger partial charge on any atom is 0.248 e. The Kier molecular flexibility index (Phi) is 10.6. The van der Waals surface area contributed by atoms with Gasteiger partial charge in [0.1, 0.15) is 11.9 Å². The summed E-state index contributed by atoms with van der Waals surface area (Å²) in [4.78, 5) is 15.3. The van der Waals surface area contributed by atoms with E-state index in [2.05, 4.69) is 11.9 Å². The third kappa shape index (κ3) is 9.24. The minimum atomic E-state index is -0.450. The summed E-state index contributed by atoms with van der Waals surface area (Å²) in [6, 6.07) is 14.7. The fraction of sp³-hybridized carbons (Fsp3) is 0.333. The van der Waals surface area contributed by atoms with Gasteiger partial charge in [0.05, 0.1) is 12.9 Å². The molecule has 31 heavy (non-hydrogen) atoms. The normalized spacial score (nSPS) is 11.3. The van der Waals surface area contributed by atoms with Crippen molar-refractivity contribution in [3.05, 3.63) is 83.4 Å². The molecule has 0 fully saturated rings. The second-order valence-electron chi connectivity index (χ2n) is 7.20. The maximum absolute atomic E-state index is 11.2. The Hall–Kier alpha value is -2.83. The van der Waals surface area contributed by atoms with Gasteiger partial charge in [-0.2, -0.15) is 0 Å². The molecule has 1 unspecified atom stereocenters. The standard InChI is InChI=1S/C20H20ClN3O2.C4H11N/c21-17-6-1-15(2-7-17)3-8-19(13-24-12-11-23-14-24)26-18-9-4-16(5-10-18)20(22)25;1-2-3-4-5/h1-2,4-7,9-12,14,19H,3,8,13H2,(H2,22,25);2-5H2,1H3. The number of carbonyl (C=O) groups excluding carboxylic acids is 1. The van der Waals surface area contributed by atoms with E-state index >= 15 is 0 Å². The lowest BCUT2D eigenvalue weighted by Crippen LogP contribution is -2.23. The van der Waals surface area contributed by atoms with Crippen LogP contribution in [0.5, 0.6) is 5.75 Å². The van der Waals surface area contributed by atoms with Gasteiger partial charge in [0.25, 0.3) is 0 Å². The third-order valence-corrected chi connectivity index (χ3v) is 4.89. The lowest BCUT2D eigenvalue weighted by molar-refractivity contribution is 0.1000. The number of hydrogen-bond acceptors (Lipinski definition) is 4. The van der Waals surface area contributed by atoms with E-state index in [1.54, 1.807) is 36.8 Å². The van der Waals surface area contributed by atoms with E-state index in [9.17, 15) is 4.79 Å². The van der Waals surface area contributed by atoms with Gasteiger partial charge in [0.15, 0.2) is 0 Å². The molecule has 1 aromatic heterocycles. The molecule has 0 aliphatic rings. The summed E-state index contributed by atoms with van der Waals surface area (Å²) >= 11 is 5.94. The second-order valence-corrected chi connectivity index (χ2v) is 7.63. The monoisotopic (exact) mass is 442 g/mol. The number of aromatic nitrogens is 2. The highest BCUT2D eigenvalue weighted by atomic mass is 35.5. The molecule has 4 N–H and O–H groups in total. The van der Waals surface area contributed by atoms with Gasteiger partial charge in [-0.05, 0) is 67.8 Å². The summed E-state index contributed by atoms with van der Waals surface area (Å²) in [6.45, 7) is 3.66. The lowest BCUT2D eigenvalue weighted by Gasteiger charge is -2.20. The predicted octanol–water partition coefficient (Wildman–Crippen LogP) is 4.46. The van der Waals surface area contributed by atoms with Crippen LogP contribution in [-0.2, 0) is 13.0 Å². The van der Waals surface area contributed by atoms with Crippen LogP contribution in [0.15, 0.2) is 67.3 Å². The van der Waals surface area contributed by atoms with Crippen molar-refractivity contribution in [2.45, 2.75) is 45.3 Å². The smallest absolute Gasteiger partial charge is 0.248 e. The number of amides is 1. The molecule has 3 rings (SSSR count). The van der Waals surface area contributed by atoms with Crippen LogP contribution < -0.4 is 16.2 Å². The number of ether oxygens (including phenoxy) is 1. The topological polar surface area (TPSA) is 96.2 Å². The highest BCUT2D eigenvalue weighted by molar-refractivity contribution is 6.30. The Labute approximate surface area is 189 Å². The number of benzene rings is 2. The molecule has 3 aromatic rings. The van der Waals surface area contributed by atoms with Crippen LogP contribution >= 0.6 is 11.6 Å². The number of carbonyl (C=O) groups is 1. The van der Waals surface area contributed by atoms with Gasteiger partial charge in [-0.15, -0.1) is 0 Å². The molecule has 0 aliphatic carbocycles. The van der Waals surface area contributed by atoms with Crippen molar-refractivity contribution in [1.82, 2.24) is 9.55 Å². The molecule has 0 saturated heterocycles. The number of halogens is 1. The molecule has 0 saturated carbocycles. The van der Waals surface area contributed by atoms with Crippen molar-refractivity contribution in [1.29, 1.82) is 0 Å². The molecular weight excluding hydrogens is 412 g/mol. The first-order valence-electron chi connectivity index (χ1n) is 10.5. The predicted molar refractivity (Wildman–Crippen MR) is 125 cm³/mol.